The molecule has 0 bridgehead atoms. The van der Waals surface area contributed by atoms with E-state index in [2.05, 4.69) is 10.3 Å². The molecule has 1 aliphatic heterocycles. The number of rotatable bonds is 2. The molecule has 4 heteroatoms. The van der Waals surface area contributed by atoms with Gasteiger partial charge >= 0.3 is 0 Å². The molecule has 1 aromatic heterocycles. The van der Waals surface area contributed by atoms with Crippen molar-refractivity contribution in [1.29, 1.82) is 0 Å². The molecule has 1 saturated heterocycles. The van der Waals surface area contributed by atoms with Crippen molar-refractivity contribution in [2.24, 2.45) is 0 Å². The maximum Gasteiger partial charge on any atom is 0.212 e. The van der Waals surface area contributed by atoms with Crippen molar-refractivity contribution in [3.05, 3.63) is 24.1 Å². The summed E-state index contributed by atoms with van der Waals surface area (Å²) in [5, 5.41) is 3.44. The SMILES string of the molecule is COc1cccc2nc(C3CCCCN3)oc12. The van der Waals surface area contributed by atoms with Crippen molar-refractivity contribution in [2.75, 3.05) is 13.7 Å². The lowest BCUT2D eigenvalue weighted by molar-refractivity contribution is 0.342. The number of hydrogen-bond donors (Lipinski definition) is 1. The van der Waals surface area contributed by atoms with E-state index in [0.29, 0.717) is 0 Å². The summed E-state index contributed by atoms with van der Waals surface area (Å²) < 4.78 is 11.1. The molecule has 3 rings (SSSR count). The first-order chi connectivity index (χ1) is 8.38. The molecule has 4 nitrogen and oxygen atoms in total. The second-order valence-corrected chi connectivity index (χ2v) is 4.36. The van der Waals surface area contributed by atoms with E-state index in [1.54, 1.807) is 7.11 Å². The molecule has 1 atom stereocenters. The fourth-order valence-corrected chi connectivity index (χ4v) is 2.31. The van der Waals surface area contributed by atoms with Crippen molar-refractivity contribution in [2.45, 2.75) is 25.3 Å². The zero-order chi connectivity index (χ0) is 11.7. The third-order valence-corrected chi connectivity index (χ3v) is 3.22. The van der Waals surface area contributed by atoms with Gasteiger partial charge in [-0.25, -0.2) is 4.98 Å². The van der Waals surface area contributed by atoms with Gasteiger partial charge in [0, 0.05) is 0 Å². The highest BCUT2D eigenvalue weighted by Gasteiger charge is 2.21. The number of ether oxygens (including phenoxy) is 1. The Balaban J connectivity index is 2.00. The second-order valence-electron chi connectivity index (χ2n) is 4.36. The first-order valence-electron chi connectivity index (χ1n) is 6.05. The van der Waals surface area contributed by atoms with Crippen LogP contribution in [0.5, 0.6) is 5.75 Å². The van der Waals surface area contributed by atoms with Gasteiger partial charge in [-0.1, -0.05) is 12.5 Å². The molecule has 90 valence electrons. The van der Waals surface area contributed by atoms with Crippen LogP contribution in [0.3, 0.4) is 0 Å². The molecule has 1 fully saturated rings. The van der Waals surface area contributed by atoms with Gasteiger partial charge in [0.25, 0.3) is 0 Å². The normalized spacial score (nSPS) is 20.6. The first-order valence-corrected chi connectivity index (χ1v) is 6.05. The van der Waals surface area contributed by atoms with E-state index < -0.39 is 0 Å². The molecule has 0 spiro atoms. The van der Waals surface area contributed by atoms with E-state index in [1.165, 1.54) is 12.8 Å². The predicted molar refractivity (Wildman–Crippen MR) is 65.2 cm³/mol. The van der Waals surface area contributed by atoms with Crippen LogP contribution in [-0.4, -0.2) is 18.6 Å². The van der Waals surface area contributed by atoms with E-state index >= 15 is 0 Å². The number of piperidine rings is 1. The molecule has 1 unspecified atom stereocenters. The second kappa shape index (κ2) is 4.37. The summed E-state index contributed by atoms with van der Waals surface area (Å²) in [4.78, 5) is 4.54. The minimum Gasteiger partial charge on any atom is -0.493 e. The van der Waals surface area contributed by atoms with E-state index in [9.17, 15) is 0 Å². The molecule has 0 saturated carbocycles. The zero-order valence-electron chi connectivity index (χ0n) is 9.90. The lowest BCUT2D eigenvalue weighted by Crippen LogP contribution is -2.26. The van der Waals surface area contributed by atoms with Crippen LogP contribution >= 0.6 is 0 Å². The largest absolute Gasteiger partial charge is 0.493 e. The van der Waals surface area contributed by atoms with E-state index in [4.69, 9.17) is 9.15 Å². The number of methoxy groups -OCH3 is 1. The van der Waals surface area contributed by atoms with Crippen LogP contribution in [-0.2, 0) is 0 Å². The minimum absolute atomic E-state index is 0.251. The third kappa shape index (κ3) is 1.89. The molecule has 0 aliphatic carbocycles. The maximum atomic E-state index is 5.83. The summed E-state index contributed by atoms with van der Waals surface area (Å²) >= 11 is 0. The van der Waals surface area contributed by atoms with Gasteiger partial charge in [-0.3, -0.25) is 0 Å². The van der Waals surface area contributed by atoms with Gasteiger partial charge in [-0.15, -0.1) is 0 Å². The molecule has 17 heavy (non-hydrogen) atoms. The summed E-state index contributed by atoms with van der Waals surface area (Å²) in [5.41, 5.74) is 1.61. The van der Waals surface area contributed by atoms with Crippen LogP contribution < -0.4 is 10.1 Å². The number of para-hydroxylation sites is 1. The summed E-state index contributed by atoms with van der Waals surface area (Å²) in [6.45, 7) is 1.04. The van der Waals surface area contributed by atoms with E-state index in [0.717, 1.165) is 35.7 Å². The summed E-state index contributed by atoms with van der Waals surface area (Å²) in [6.07, 6.45) is 3.56. The van der Waals surface area contributed by atoms with Gasteiger partial charge in [0.2, 0.25) is 5.89 Å². The summed E-state index contributed by atoms with van der Waals surface area (Å²) in [7, 11) is 1.65. The monoisotopic (exact) mass is 232 g/mol. The van der Waals surface area contributed by atoms with Crippen LogP contribution in [0.25, 0.3) is 11.1 Å². The Morgan fingerprint density at radius 3 is 3.12 bits per heavy atom. The van der Waals surface area contributed by atoms with Crippen LogP contribution in [0.2, 0.25) is 0 Å². The number of hydrogen-bond acceptors (Lipinski definition) is 4. The molecule has 0 radical (unpaired) electrons. The predicted octanol–water partition coefficient (Wildman–Crippen LogP) is 2.65. The Labute approximate surface area is 100.0 Å². The Bertz CT molecular complexity index is 515. The smallest absolute Gasteiger partial charge is 0.212 e. The zero-order valence-corrected chi connectivity index (χ0v) is 9.90. The highest BCUT2D eigenvalue weighted by atomic mass is 16.5. The van der Waals surface area contributed by atoms with Crippen molar-refractivity contribution < 1.29 is 9.15 Å². The number of fused-ring (bicyclic) bond motifs is 1. The van der Waals surface area contributed by atoms with Crippen molar-refractivity contribution in [3.63, 3.8) is 0 Å². The Kier molecular flexibility index (Phi) is 2.73. The Morgan fingerprint density at radius 2 is 2.35 bits per heavy atom. The van der Waals surface area contributed by atoms with Gasteiger partial charge < -0.3 is 14.5 Å². The molecular weight excluding hydrogens is 216 g/mol. The third-order valence-electron chi connectivity index (χ3n) is 3.22. The number of oxazole rings is 1. The standard InChI is InChI=1S/C13H16N2O2/c1-16-11-7-4-6-9-12(11)17-13(15-9)10-5-2-3-8-14-10/h4,6-7,10,14H,2-3,5,8H2,1H3. The topological polar surface area (TPSA) is 47.3 Å². The number of aromatic nitrogens is 1. The average Bonchev–Trinajstić information content (AvgIpc) is 2.83. The molecule has 1 aromatic carbocycles. The minimum atomic E-state index is 0.251. The van der Waals surface area contributed by atoms with Crippen molar-refractivity contribution in [3.8, 4) is 5.75 Å². The summed E-state index contributed by atoms with van der Waals surface area (Å²) in [6, 6.07) is 6.03. The molecule has 2 heterocycles. The van der Waals surface area contributed by atoms with E-state index in [-0.39, 0.29) is 6.04 Å². The van der Waals surface area contributed by atoms with Crippen LogP contribution in [0.4, 0.5) is 0 Å². The highest BCUT2D eigenvalue weighted by molar-refractivity contribution is 5.79. The van der Waals surface area contributed by atoms with Gasteiger partial charge in [-0.05, 0) is 31.5 Å². The number of benzene rings is 1. The fraction of sp³-hybridized carbons (Fsp3) is 0.462. The molecule has 0 amide bonds. The number of nitrogens with zero attached hydrogens (tertiary/aromatic N) is 1. The van der Waals surface area contributed by atoms with Crippen molar-refractivity contribution in [1.82, 2.24) is 10.3 Å². The van der Waals surface area contributed by atoms with E-state index in [1.807, 2.05) is 18.2 Å². The van der Waals surface area contributed by atoms with Gasteiger partial charge in [-0.2, -0.15) is 0 Å². The highest BCUT2D eigenvalue weighted by Crippen LogP contribution is 2.30. The summed E-state index contributed by atoms with van der Waals surface area (Å²) in [5.74, 6) is 1.53. The van der Waals surface area contributed by atoms with Crippen LogP contribution in [0.15, 0.2) is 22.6 Å². The number of nitrogens with one attached hydrogen (secondary N) is 1. The molecule has 1 aliphatic rings. The maximum absolute atomic E-state index is 5.83. The molecule has 2 aromatic rings. The Hall–Kier alpha value is -1.55. The first kappa shape index (κ1) is 10.6. The van der Waals surface area contributed by atoms with Gasteiger partial charge in [0.05, 0.1) is 13.2 Å². The van der Waals surface area contributed by atoms with Gasteiger partial charge in [0.1, 0.15) is 5.52 Å². The average molecular weight is 232 g/mol. The van der Waals surface area contributed by atoms with Crippen LogP contribution in [0, 0.1) is 0 Å². The quantitative estimate of drug-likeness (QED) is 0.864. The van der Waals surface area contributed by atoms with Crippen LogP contribution in [0.1, 0.15) is 31.2 Å². The molecular formula is C13H16N2O2. The van der Waals surface area contributed by atoms with Crippen molar-refractivity contribution >= 4 is 11.1 Å². The fourth-order valence-electron chi connectivity index (χ4n) is 2.31. The Morgan fingerprint density at radius 1 is 1.41 bits per heavy atom. The van der Waals surface area contributed by atoms with Gasteiger partial charge in [0.15, 0.2) is 11.3 Å². The lowest BCUT2D eigenvalue weighted by Gasteiger charge is -2.20. The molecule has 1 N–H and O–H groups in total. The lowest BCUT2D eigenvalue weighted by atomic mass is 10.1.